The number of hydrogen-bond acceptors (Lipinski definition) is 2. The molecule has 2 heteroatoms. The van der Waals surface area contributed by atoms with Crippen molar-refractivity contribution in [2.24, 2.45) is 17.8 Å². The fourth-order valence-electron chi connectivity index (χ4n) is 3.16. The van der Waals surface area contributed by atoms with E-state index in [-0.39, 0.29) is 5.97 Å². The van der Waals surface area contributed by atoms with E-state index in [0.29, 0.717) is 12.2 Å². The molecule has 2 fully saturated rings. The average Bonchev–Trinajstić information content (AvgIpc) is 2.78. The molecule has 0 N–H and O–H groups in total. The van der Waals surface area contributed by atoms with Gasteiger partial charge in [0.05, 0.1) is 6.61 Å². The Morgan fingerprint density at radius 3 is 2.73 bits per heavy atom. The molecule has 3 unspecified atom stereocenters. The van der Waals surface area contributed by atoms with Crippen LogP contribution in [0.2, 0.25) is 0 Å². The topological polar surface area (TPSA) is 26.3 Å². The molecule has 84 valence electrons. The Morgan fingerprint density at radius 2 is 2.20 bits per heavy atom. The lowest BCUT2D eigenvalue weighted by Crippen LogP contribution is -2.15. The van der Waals surface area contributed by atoms with Gasteiger partial charge in [0.1, 0.15) is 0 Å². The molecule has 0 aliphatic heterocycles. The average molecular weight is 208 g/mol. The number of ether oxygens (including phenoxy) is 1. The van der Waals surface area contributed by atoms with Crippen LogP contribution in [0.5, 0.6) is 0 Å². The second-order valence-electron chi connectivity index (χ2n) is 5.14. The van der Waals surface area contributed by atoms with Crippen molar-refractivity contribution in [1.29, 1.82) is 0 Å². The fraction of sp³-hybridized carbons (Fsp3) is 0.769. The Kier molecular flexibility index (Phi) is 3.13. The zero-order valence-corrected chi connectivity index (χ0v) is 9.50. The van der Waals surface area contributed by atoms with Gasteiger partial charge in [-0.25, -0.2) is 4.79 Å². The minimum absolute atomic E-state index is 0.238. The maximum Gasteiger partial charge on any atom is 0.333 e. The molecule has 2 aliphatic carbocycles. The lowest BCUT2D eigenvalue weighted by Gasteiger charge is -2.21. The maximum absolute atomic E-state index is 11.2. The molecule has 0 amide bonds. The van der Waals surface area contributed by atoms with Crippen LogP contribution in [0.25, 0.3) is 0 Å². The molecule has 0 spiro atoms. The second-order valence-corrected chi connectivity index (χ2v) is 5.14. The van der Waals surface area contributed by atoms with Crippen LogP contribution in [0.4, 0.5) is 0 Å². The van der Waals surface area contributed by atoms with E-state index in [0.717, 1.165) is 24.2 Å². The first-order valence-electron chi connectivity index (χ1n) is 5.99. The third-order valence-electron chi connectivity index (χ3n) is 3.95. The van der Waals surface area contributed by atoms with E-state index in [1.54, 1.807) is 6.92 Å². The van der Waals surface area contributed by atoms with Gasteiger partial charge in [-0.3, -0.25) is 0 Å². The van der Waals surface area contributed by atoms with Crippen LogP contribution < -0.4 is 0 Å². The SMILES string of the molecule is C=C(C)C(=O)OCCC1CC2CCC1C2. The highest BCUT2D eigenvalue weighted by Gasteiger charge is 2.38. The third kappa shape index (κ3) is 2.42. The number of carbonyl (C=O) groups excluding carboxylic acids is 1. The third-order valence-corrected chi connectivity index (χ3v) is 3.95. The van der Waals surface area contributed by atoms with Gasteiger partial charge in [0, 0.05) is 5.57 Å². The van der Waals surface area contributed by atoms with E-state index in [9.17, 15) is 4.79 Å². The summed E-state index contributed by atoms with van der Waals surface area (Å²) in [7, 11) is 0. The van der Waals surface area contributed by atoms with Gasteiger partial charge >= 0.3 is 5.97 Å². The van der Waals surface area contributed by atoms with E-state index in [1.165, 1.54) is 25.7 Å². The molecule has 2 saturated carbocycles. The van der Waals surface area contributed by atoms with Crippen molar-refractivity contribution in [3.63, 3.8) is 0 Å². The van der Waals surface area contributed by atoms with Crippen LogP contribution in [0.1, 0.15) is 39.0 Å². The van der Waals surface area contributed by atoms with Crippen LogP contribution >= 0.6 is 0 Å². The minimum atomic E-state index is -0.238. The van der Waals surface area contributed by atoms with E-state index in [2.05, 4.69) is 6.58 Å². The van der Waals surface area contributed by atoms with Crippen LogP contribution in [0.3, 0.4) is 0 Å². The van der Waals surface area contributed by atoms with Gasteiger partial charge < -0.3 is 4.74 Å². The molecular weight excluding hydrogens is 188 g/mol. The van der Waals surface area contributed by atoms with Gasteiger partial charge in [0.15, 0.2) is 0 Å². The Balaban J connectivity index is 1.67. The predicted octanol–water partition coefficient (Wildman–Crippen LogP) is 2.93. The molecule has 0 aromatic rings. The number of rotatable bonds is 4. The van der Waals surface area contributed by atoms with Crippen molar-refractivity contribution in [1.82, 2.24) is 0 Å². The van der Waals surface area contributed by atoms with Crippen molar-refractivity contribution >= 4 is 5.97 Å². The maximum atomic E-state index is 11.2. The van der Waals surface area contributed by atoms with Crippen LogP contribution in [0, 0.1) is 17.8 Å². The van der Waals surface area contributed by atoms with E-state index in [4.69, 9.17) is 4.74 Å². The number of esters is 1. The highest BCUT2D eigenvalue weighted by Crippen LogP contribution is 2.49. The molecule has 0 aromatic heterocycles. The van der Waals surface area contributed by atoms with Crippen LogP contribution in [-0.4, -0.2) is 12.6 Å². The summed E-state index contributed by atoms with van der Waals surface area (Å²) in [6.45, 7) is 5.85. The molecular formula is C13H20O2. The summed E-state index contributed by atoms with van der Waals surface area (Å²) in [5.41, 5.74) is 0.503. The Hall–Kier alpha value is -0.790. The number of hydrogen-bond donors (Lipinski definition) is 0. The smallest absolute Gasteiger partial charge is 0.333 e. The quantitative estimate of drug-likeness (QED) is 0.524. The molecule has 0 heterocycles. The molecule has 15 heavy (non-hydrogen) atoms. The molecule has 2 bridgehead atoms. The molecule has 0 aromatic carbocycles. The number of fused-ring (bicyclic) bond motifs is 2. The Morgan fingerprint density at radius 1 is 1.40 bits per heavy atom. The Bertz CT molecular complexity index is 270. The summed E-state index contributed by atoms with van der Waals surface area (Å²) in [4.78, 5) is 11.2. The first-order chi connectivity index (χ1) is 7.16. The van der Waals surface area contributed by atoms with Crippen LogP contribution in [0.15, 0.2) is 12.2 Å². The van der Waals surface area contributed by atoms with Crippen molar-refractivity contribution < 1.29 is 9.53 Å². The molecule has 2 rings (SSSR count). The first-order valence-corrected chi connectivity index (χ1v) is 5.99. The van der Waals surface area contributed by atoms with Crippen molar-refractivity contribution in [2.75, 3.05) is 6.61 Å². The van der Waals surface area contributed by atoms with Gasteiger partial charge in [-0.05, 0) is 50.4 Å². The van der Waals surface area contributed by atoms with Gasteiger partial charge in [0.25, 0.3) is 0 Å². The van der Waals surface area contributed by atoms with Gasteiger partial charge in [-0.1, -0.05) is 13.0 Å². The molecule has 0 saturated heterocycles. The lowest BCUT2D eigenvalue weighted by atomic mass is 9.87. The highest BCUT2D eigenvalue weighted by atomic mass is 16.5. The monoisotopic (exact) mass is 208 g/mol. The molecule has 2 aliphatic rings. The van der Waals surface area contributed by atoms with Gasteiger partial charge in [0.2, 0.25) is 0 Å². The van der Waals surface area contributed by atoms with Crippen LogP contribution in [-0.2, 0) is 9.53 Å². The predicted molar refractivity (Wildman–Crippen MR) is 59.3 cm³/mol. The fourth-order valence-corrected chi connectivity index (χ4v) is 3.16. The minimum Gasteiger partial charge on any atom is -0.462 e. The Labute approximate surface area is 91.7 Å². The zero-order valence-electron chi connectivity index (χ0n) is 9.50. The van der Waals surface area contributed by atoms with E-state index < -0.39 is 0 Å². The molecule has 2 nitrogen and oxygen atoms in total. The number of carbonyl (C=O) groups is 1. The summed E-state index contributed by atoms with van der Waals surface area (Å²) in [6.07, 6.45) is 6.70. The lowest BCUT2D eigenvalue weighted by molar-refractivity contribution is -0.139. The van der Waals surface area contributed by atoms with Gasteiger partial charge in [-0.15, -0.1) is 0 Å². The standard InChI is InChI=1S/C13H20O2/c1-9(2)13(14)15-6-5-12-8-10-3-4-11(12)7-10/h10-12H,1,3-8H2,2H3. The first kappa shape index (κ1) is 10.7. The van der Waals surface area contributed by atoms with Crippen molar-refractivity contribution in [2.45, 2.75) is 39.0 Å². The van der Waals surface area contributed by atoms with E-state index >= 15 is 0 Å². The van der Waals surface area contributed by atoms with Crippen molar-refractivity contribution in [3.8, 4) is 0 Å². The molecule has 0 radical (unpaired) electrons. The highest BCUT2D eigenvalue weighted by molar-refractivity contribution is 5.86. The summed E-state index contributed by atoms with van der Waals surface area (Å²) in [5, 5.41) is 0. The van der Waals surface area contributed by atoms with Gasteiger partial charge in [-0.2, -0.15) is 0 Å². The van der Waals surface area contributed by atoms with E-state index in [1.807, 2.05) is 0 Å². The largest absolute Gasteiger partial charge is 0.462 e. The summed E-state index contributed by atoms with van der Waals surface area (Å²) >= 11 is 0. The summed E-state index contributed by atoms with van der Waals surface area (Å²) < 4.78 is 5.13. The summed E-state index contributed by atoms with van der Waals surface area (Å²) in [6, 6.07) is 0. The summed E-state index contributed by atoms with van der Waals surface area (Å²) in [5.74, 6) is 2.50. The second kappa shape index (κ2) is 4.38. The molecule has 3 atom stereocenters. The van der Waals surface area contributed by atoms with Crippen molar-refractivity contribution in [3.05, 3.63) is 12.2 Å². The zero-order chi connectivity index (χ0) is 10.8. The normalized spacial score (nSPS) is 33.0.